The van der Waals surface area contributed by atoms with Gasteiger partial charge in [0.25, 0.3) is 0 Å². The fourth-order valence-corrected chi connectivity index (χ4v) is 7.74. The number of esters is 2. The molecule has 0 aliphatic heterocycles. The zero-order valence-electron chi connectivity index (χ0n) is 42.6. The van der Waals surface area contributed by atoms with Gasteiger partial charge in [-0.1, -0.05) is 179 Å². The van der Waals surface area contributed by atoms with E-state index in [1.54, 1.807) is 6.92 Å². The van der Waals surface area contributed by atoms with E-state index in [0.29, 0.717) is 23.9 Å². The Morgan fingerprint density at radius 3 is 1.22 bits per heavy atom. The average Bonchev–Trinajstić information content (AvgIpc) is 3.26. The van der Waals surface area contributed by atoms with Gasteiger partial charge in [-0.3, -0.25) is 9.59 Å². The van der Waals surface area contributed by atoms with Crippen LogP contribution in [-0.2, 0) is 28.1 Å². The SMILES string of the molecule is CCCCCCCCCCC#CC#CCCCCCCCCC(=O)OC[C@](C)(CO[P+]([O-])(O)OCC[N+](C)(C)C)OC(=O)CCCCCCCCC#CC#CCCCCCCCCCC. The van der Waals surface area contributed by atoms with E-state index in [0.717, 1.165) is 89.9 Å². The summed E-state index contributed by atoms with van der Waals surface area (Å²) in [6.07, 6.45) is 36.5. The molecule has 65 heavy (non-hydrogen) atoms. The Morgan fingerprint density at radius 2 is 0.846 bits per heavy atom. The highest BCUT2D eigenvalue weighted by molar-refractivity contribution is 7.52. The monoisotopic (exact) mass is 929 g/mol. The third kappa shape index (κ3) is 47.7. The molecule has 1 N–H and O–H groups in total. The lowest BCUT2D eigenvalue weighted by molar-refractivity contribution is -0.870. The maximum Gasteiger partial charge on any atom is 0.377 e. The van der Waals surface area contributed by atoms with E-state index in [4.69, 9.17) is 18.5 Å². The van der Waals surface area contributed by atoms with Crippen LogP contribution in [0.2, 0.25) is 0 Å². The van der Waals surface area contributed by atoms with Crippen LogP contribution in [0.3, 0.4) is 0 Å². The first-order chi connectivity index (χ1) is 31.3. The Bertz CT molecular complexity index is 1430. The van der Waals surface area contributed by atoms with Gasteiger partial charge < -0.3 is 18.9 Å². The van der Waals surface area contributed by atoms with Crippen LogP contribution >= 0.6 is 8.17 Å². The van der Waals surface area contributed by atoms with Gasteiger partial charge in [-0.15, -0.1) is 0 Å². The summed E-state index contributed by atoms with van der Waals surface area (Å²) in [6, 6.07) is 0. The molecular weight excluding hydrogens is 834 g/mol. The minimum atomic E-state index is -4.45. The third-order valence-electron chi connectivity index (χ3n) is 11.1. The molecule has 0 heterocycles. The number of hydrogen-bond acceptors (Lipinski definition) is 8. The zero-order chi connectivity index (χ0) is 48.0. The number of carbonyl (C=O) groups excluding carboxylic acids is 2. The molecule has 0 amide bonds. The number of ether oxygens (including phenoxy) is 2. The summed E-state index contributed by atoms with van der Waals surface area (Å²) in [5, 5.41) is 0. The lowest BCUT2D eigenvalue weighted by Gasteiger charge is -2.30. The molecule has 0 aromatic rings. The van der Waals surface area contributed by atoms with Crippen molar-refractivity contribution >= 4 is 20.1 Å². The molecule has 372 valence electrons. The van der Waals surface area contributed by atoms with Crippen LogP contribution in [0.1, 0.15) is 239 Å². The van der Waals surface area contributed by atoms with Crippen LogP contribution in [0.15, 0.2) is 0 Å². The van der Waals surface area contributed by atoms with E-state index in [9.17, 15) is 19.4 Å². The Morgan fingerprint density at radius 1 is 0.508 bits per heavy atom. The lowest BCUT2D eigenvalue weighted by atomic mass is 10.1. The van der Waals surface area contributed by atoms with Crippen molar-refractivity contribution in [2.24, 2.45) is 0 Å². The minimum Gasteiger partial charge on any atom is -0.606 e. The van der Waals surface area contributed by atoms with Gasteiger partial charge in [-0.2, -0.15) is 13.9 Å². The maximum atomic E-state index is 12.9. The number of carbonyl (C=O) groups is 2. The molecule has 9 nitrogen and oxygen atoms in total. The van der Waals surface area contributed by atoms with Gasteiger partial charge in [0.2, 0.25) is 0 Å². The van der Waals surface area contributed by atoms with Gasteiger partial charge in [-0.05, 0) is 69.1 Å². The first-order valence-electron chi connectivity index (χ1n) is 26.0. The van der Waals surface area contributed by atoms with Gasteiger partial charge in [0.15, 0.2) is 5.60 Å². The van der Waals surface area contributed by atoms with E-state index in [1.807, 2.05) is 21.1 Å². The summed E-state index contributed by atoms with van der Waals surface area (Å²) >= 11 is 0. The fourth-order valence-electron chi connectivity index (χ4n) is 6.92. The molecule has 0 aromatic heterocycles. The predicted octanol–water partition coefficient (Wildman–Crippen LogP) is 12.9. The average molecular weight is 929 g/mol. The molecule has 10 heteroatoms. The summed E-state index contributed by atoms with van der Waals surface area (Å²) in [4.78, 5) is 48.6. The number of likely N-dealkylation sites (N-methyl/N-ethyl adjacent to an activating group) is 1. The van der Waals surface area contributed by atoms with E-state index >= 15 is 0 Å². The van der Waals surface area contributed by atoms with Crippen molar-refractivity contribution < 1.29 is 42.4 Å². The standard InChI is InChI=1S/C55H94NO8P/c1-7-9-11-13-15-17-19-21-23-25-27-29-31-33-35-37-39-41-43-45-47-53(57)61-51-55(3,52-63-65(59,60)62-50-49-56(4,5)6)64-54(58)48-46-44-42-40-38-36-34-32-30-28-26-24-22-20-18-16-14-12-10-8-2/h7-24,33-52H2,1-6H3/p+1/t55-/m1/s1. The number of phosphoric ester groups is 1. The molecule has 0 bridgehead atoms. The molecule has 0 aromatic carbocycles. The molecule has 0 spiro atoms. The second-order valence-electron chi connectivity index (χ2n) is 19.1. The first kappa shape index (κ1) is 62.4. The molecular formula is C55H95NO8P+. The molecule has 0 saturated carbocycles. The molecule has 0 fully saturated rings. The Labute approximate surface area is 400 Å². The third-order valence-corrected chi connectivity index (χ3v) is 12.1. The van der Waals surface area contributed by atoms with Crippen LogP contribution in [0, 0.1) is 47.4 Å². The number of unbranched alkanes of at least 4 members (excludes halogenated alkanes) is 28. The number of hydrogen-bond donors (Lipinski definition) is 1. The van der Waals surface area contributed by atoms with E-state index < -0.39 is 32.3 Å². The van der Waals surface area contributed by atoms with Crippen molar-refractivity contribution in [1.29, 1.82) is 0 Å². The number of quaternary nitrogens is 1. The summed E-state index contributed by atoms with van der Waals surface area (Å²) in [5.41, 5.74) is -1.46. The Hall–Kier alpha value is -2.59. The quantitative estimate of drug-likeness (QED) is 0.0212. The van der Waals surface area contributed by atoms with Crippen LogP contribution in [0.25, 0.3) is 0 Å². The predicted molar refractivity (Wildman–Crippen MR) is 269 cm³/mol. The fraction of sp³-hybridized carbons (Fsp3) is 0.818. The van der Waals surface area contributed by atoms with Gasteiger partial charge >= 0.3 is 20.1 Å². The van der Waals surface area contributed by atoms with Crippen LogP contribution in [-0.4, -0.2) is 74.4 Å². The van der Waals surface area contributed by atoms with E-state index in [2.05, 4.69) is 61.2 Å². The normalized spacial score (nSPS) is 12.8. The topological polar surface area (TPSA) is 114 Å². The second kappa shape index (κ2) is 43.9. The van der Waals surface area contributed by atoms with Crippen molar-refractivity contribution in [2.75, 3.05) is 47.5 Å². The summed E-state index contributed by atoms with van der Waals surface area (Å²) in [6.45, 7) is 5.79. The number of phosphoric acid groups is 1. The first-order valence-corrected chi connectivity index (χ1v) is 27.5. The molecule has 0 aliphatic rings. The van der Waals surface area contributed by atoms with Crippen molar-refractivity contribution in [3.63, 3.8) is 0 Å². The van der Waals surface area contributed by atoms with Crippen molar-refractivity contribution in [2.45, 2.75) is 245 Å². The number of rotatable bonds is 42. The molecule has 1 unspecified atom stereocenters. The van der Waals surface area contributed by atoms with Crippen LogP contribution < -0.4 is 4.89 Å². The molecule has 2 atom stereocenters. The highest BCUT2D eigenvalue weighted by Gasteiger charge is 2.38. The van der Waals surface area contributed by atoms with Gasteiger partial charge in [0.1, 0.15) is 26.4 Å². The molecule has 0 aliphatic carbocycles. The van der Waals surface area contributed by atoms with E-state index in [-0.39, 0.29) is 26.1 Å². The highest BCUT2D eigenvalue weighted by Crippen LogP contribution is 2.48. The minimum absolute atomic E-state index is 0.00700. The van der Waals surface area contributed by atoms with E-state index in [1.165, 1.54) is 103 Å². The molecule has 0 radical (unpaired) electrons. The zero-order valence-corrected chi connectivity index (χ0v) is 43.5. The molecule has 0 rings (SSSR count). The maximum absolute atomic E-state index is 12.9. The highest BCUT2D eigenvalue weighted by atomic mass is 31.2. The summed E-state index contributed by atoms with van der Waals surface area (Å²) < 4.78 is 22.3. The van der Waals surface area contributed by atoms with Crippen molar-refractivity contribution in [3.8, 4) is 47.4 Å². The Kier molecular flexibility index (Phi) is 42.2. The Balaban J connectivity index is 4.46. The van der Waals surface area contributed by atoms with Gasteiger partial charge in [0.05, 0.1) is 21.1 Å². The summed E-state index contributed by atoms with van der Waals surface area (Å²) in [5.74, 6) is 23.8. The lowest BCUT2D eigenvalue weighted by Crippen LogP contribution is -2.43. The van der Waals surface area contributed by atoms with Gasteiger partial charge in [-0.25, -0.2) is 0 Å². The molecule has 0 saturated heterocycles. The van der Waals surface area contributed by atoms with Crippen LogP contribution in [0.4, 0.5) is 0 Å². The summed E-state index contributed by atoms with van der Waals surface area (Å²) in [7, 11) is 1.38. The van der Waals surface area contributed by atoms with Crippen molar-refractivity contribution in [1.82, 2.24) is 0 Å². The van der Waals surface area contributed by atoms with Gasteiger partial charge in [0, 0.05) is 38.5 Å². The van der Waals surface area contributed by atoms with Crippen LogP contribution in [0.5, 0.6) is 0 Å². The second-order valence-corrected chi connectivity index (χ2v) is 20.5. The van der Waals surface area contributed by atoms with Crippen molar-refractivity contribution in [3.05, 3.63) is 0 Å². The smallest absolute Gasteiger partial charge is 0.377 e. The number of nitrogens with zero attached hydrogens (tertiary/aromatic N) is 1. The largest absolute Gasteiger partial charge is 0.606 e.